The highest BCUT2D eigenvalue weighted by Gasteiger charge is 2.45. The number of anilines is 1. The van der Waals surface area contributed by atoms with Crippen molar-refractivity contribution in [2.75, 3.05) is 25.1 Å². The Morgan fingerprint density at radius 2 is 1.88 bits per heavy atom. The van der Waals surface area contributed by atoms with Gasteiger partial charge in [-0.15, -0.1) is 0 Å². The van der Waals surface area contributed by atoms with E-state index in [4.69, 9.17) is 15.2 Å². The molecule has 0 spiro atoms. The van der Waals surface area contributed by atoms with Crippen molar-refractivity contribution in [2.45, 2.75) is 42.2 Å². The number of aryl methyl sites for hydroxylation is 1. The van der Waals surface area contributed by atoms with Crippen LogP contribution in [0.2, 0.25) is 0 Å². The van der Waals surface area contributed by atoms with Crippen LogP contribution < -0.4 is 15.8 Å². The fourth-order valence-corrected chi connectivity index (χ4v) is 5.50. The van der Waals surface area contributed by atoms with Crippen molar-refractivity contribution in [3.05, 3.63) is 51.6 Å². The zero-order chi connectivity index (χ0) is 23.1. The number of carbonyl (C=O) groups excluding carboxylic acids is 2. The fourth-order valence-electron chi connectivity index (χ4n) is 3.43. The third-order valence-electron chi connectivity index (χ3n) is 5.41. The number of ether oxygens (including phenoxy) is 2. The molecule has 1 atom stereocenters. The van der Waals surface area contributed by atoms with Gasteiger partial charge in [-0.2, -0.15) is 0 Å². The molecule has 0 radical (unpaired) electrons. The SMILES string of the molecule is Cc1ccc(NC(=O)CCCOc2ccc(S(=O)C3(C(N)=O)CCOCC3)cc2)cc1I. The summed E-state index contributed by atoms with van der Waals surface area (Å²) in [5.41, 5.74) is 7.55. The lowest BCUT2D eigenvalue weighted by Crippen LogP contribution is -2.51. The largest absolute Gasteiger partial charge is 0.494 e. The molecule has 1 heterocycles. The minimum atomic E-state index is -1.57. The van der Waals surface area contributed by atoms with Crippen molar-refractivity contribution in [1.29, 1.82) is 0 Å². The molecule has 1 fully saturated rings. The smallest absolute Gasteiger partial charge is 0.236 e. The average molecular weight is 570 g/mol. The van der Waals surface area contributed by atoms with Gasteiger partial charge < -0.3 is 20.5 Å². The van der Waals surface area contributed by atoms with E-state index in [1.165, 1.54) is 5.56 Å². The highest BCUT2D eigenvalue weighted by atomic mass is 127. The molecule has 1 aliphatic rings. The Hall–Kier alpha value is -1.98. The van der Waals surface area contributed by atoms with E-state index < -0.39 is 21.5 Å². The molecule has 0 aromatic heterocycles. The summed E-state index contributed by atoms with van der Waals surface area (Å²) in [6.45, 7) is 3.14. The standard InChI is InChI=1S/C23H27IN2O5S/c1-16-4-5-17(15-20(16)24)26-21(27)3-2-12-31-18-6-8-19(9-7-18)32(29)23(22(25)28)10-13-30-14-11-23/h4-9,15H,2-3,10-14H2,1H3,(H2,25,28)(H,26,27). The Labute approximate surface area is 204 Å². The van der Waals surface area contributed by atoms with Crippen LogP contribution in [0.25, 0.3) is 0 Å². The Morgan fingerprint density at radius 3 is 2.50 bits per heavy atom. The average Bonchev–Trinajstić information content (AvgIpc) is 2.79. The normalized spacial score (nSPS) is 16.2. The van der Waals surface area contributed by atoms with E-state index in [-0.39, 0.29) is 5.91 Å². The lowest BCUT2D eigenvalue weighted by atomic mass is 9.98. The van der Waals surface area contributed by atoms with E-state index in [9.17, 15) is 13.8 Å². The van der Waals surface area contributed by atoms with Crippen molar-refractivity contribution >= 4 is 50.9 Å². The van der Waals surface area contributed by atoms with Gasteiger partial charge in [-0.25, -0.2) is 0 Å². The molecule has 1 aliphatic heterocycles. The Kier molecular flexibility index (Phi) is 8.66. The molecule has 0 aliphatic carbocycles. The first-order valence-electron chi connectivity index (χ1n) is 10.4. The van der Waals surface area contributed by atoms with Crippen LogP contribution in [0, 0.1) is 10.5 Å². The molecule has 2 aromatic carbocycles. The minimum absolute atomic E-state index is 0.0628. The molecule has 7 nitrogen and oxygen atoms in total. The van der Waals surface area contributed by atoms with E-state index in [1.54, 1.807) is 24.3 Å². The van der Waals surface area contributed by atoms with Crippen LogP contribution >= 0.6 is 22.6 Å². The number of halogens is 1. The number of benzene rings is 2. The van der Waals surface area contributed by atoms with Gasteiger partial charge in [0.15, 0.2) is 0 Å². The Bertz CT molecular complexity index is 990. The third-order valence-corrected chi connectivity index (χ3v) is 8.60. The summed E-state index contributed by atoms with van der Waals surface area (Å²) in [4.78, 5) is 24.7. The van der Waals surface area contributed by atoms with Gasteiger partial charge in [-0.05, 0) is 90.7 Å². The van der Waals surface area contributed by atoms with Gasteiger partial charge in [-0.1, -0.05) is 6.07 Å². The van der Waals surface area contributed by atoms with Gasteiger partial charge in [-0.3, -0.25) is 13.8 Å². The maximum Gasteiger partial charge on any atom is 0.236 e. The van der Waals surface area contributed by atoms with E-state index in [1.807, 2.05) is 25.1 Å². The highest BCUT2D eigenvalue weighted by molar-refractivity contribution is 14.1. The summed E-state index contributed by atoms with van der Waals surface area (Å²) in [7, 11) is -1.57. The number of nitrogens with one attached hydrogen (secondary N) is 1. The molecule has 0 saturated carbocycles. The molecule has 9 heteroatoms. The van der Waals surface area contributed by atoms with Gasteiger partial charge in [0.2, 0.25) is 11.8 Å². The monoisotopic (exact) mass is 570 g/mol. The first kappa shape index (κ1) is 24.7. The van der Waals surface area contributed by atoms with E-state index >= 15 is 0 Å². The number of hydrogen-bond acceptors (Lipinski definition) is 5. The van der Waals surface area contributed by atoms with Crippen LogP contribution in [0.15, 0.2) is 47.4 Å². The summed E-state index contributed by atoms with van der Waals surface area (Å²) < 4.78 is 24.1. The van der Waals surface area contributed by atoms with Crippen LogP contribution in [-0.4, -0.2) is 40.6 Å². The van der Waals surface area contributed by atoms with Crippen molar-refractivity contribution in [3.63, 3.8) is 0 Å². The summed E-state index contributed by atoms with van der Waals surface area (Å²) >= 11 is 2.24. The molecular formula is C23H27IN2O5S. The van der Waals surface area contributed by atoms with Gasteiger partial charge in [0, 0.05) is 33.8 Å². The molecule has 3 N–H and O–H groups in total. The summed E-state index contributed by atoms with van der Waals surface area (Å²) in [5, 5.41) is 2.89. The van der Waals surface area contributed by atoms with Crippen molar-refractivity contribution in [1.82, 2.24) is 0 Å². The van der Waals surface area contributed by atoms with Gasteiger partial charge in [0.1, 0.15) is 10.5 Å². The second-order valence-corrected chi connectivity index (χ2v) is 10.6. The molecule has 1 unspecified atom stereocenters. The topological polar surface area (TPSA) is 108 Å². The van der Waals surface area contributed by atoms with E-state index in [2.05, 4.69) is 27.9 Å². The highest BCUT2D eigenvalue weighted by Crippen LogP contribution is 2.32. The lowest BCUT2D eigenvalue weighted by molar-refractivity contribution is -0.122. The molecule has 2 amide bonds. The maximum atomic E-state index is 13.1. The Morgan fingerprint density at radius 1 is 1.19 bits per heavy atom. The summed E-state index contributed by atoms with van der Waals surface area (Å²) in [5.74, 6) is -0.00959. The number of hydrogen-bond donors (Lipinski definition) is 2. The first-order valence-corrected chi connectivity index (χ1v) is 12.6. The van der Waals surface area contributed by atoms with Crippen LogP contribution in [0.1, 0.15) is 31.2 Å². The van der Waals surface area contributed by atoms with Crippen LogP contribution in [-0.2, 0) is 25.1 Å². The fraction of sp³-hybridized carbons (Fsp3) is 0.391. The second kappa shape index (κ2) is 11.2. The van der Waals surface area contributed by atoms with Crippen LogP contribution in [0.3, 0.4) is 0 Å². The first-order chi connectivity index (χ1) is 15.3. The van der Waals surface area contributed by atoms with Crippen LogP contribution in [0.4, 0.5) is 5.69 Å². The van der Waals surface area contributed by atoms with Gasteiger partial charge in [0.25, 0.3) is 0 Å². The lowest BCUT2D eigenvalue weighted by Gasteiger charge is -2.33. The van der Waals surface area contributed by atoms with Crippen molar-refractivity contribution in [3.8, 4) is 5.75 Å². The number of carbonyl (C=O) groups is 2. The van der Waals surface area contributed by atoms with Crippen molar-refractivity contribution < 1.29 is 23.3 Å². The zero-order valence-corrected chi connectivity index (χ0v) is 20.9. The minimum Gasteiger partial charge on any atom is -0.494 e. The number of primary amides is 1. The zero-order valence-electron chi connectivity index (χ0n) is 17.9. The Balaban J connectivity index is 1.47. The molecule has 172 valence electrons. The van der Waals surface area contributed by atoms with Gasteiger partial charge in [0.05, 0.1) is 17.4 Å². The molecule has 1 saturated heterocycles. The van der Waals surface area contributed by atoms with E-state index in [0.717, 1.165) is 9.26 Å². The summed E-state index contributed by atoms with van der Waals surface area (Å²) in [6.07, 6.45) is 1.59. The number of nitrogens with two attached hydrogens (primary N) is 1. The predicted octanol–water partition coefficient (Wildman–Crippen LogP) is 3.54. The molecule has 2 aromatic rings. The maximum absolute atomic E-state index is 13.1. The predicted molar refractivity (Wildman–Crippen MR) is 132 cm³/mol. The molecule has 0 bridgehead atoms. The van der Waals surface area contributed by atoms with E-state index in [0.29, 0.717) is 56.1 Å². The summed E-state index contributed by atoms with van der Waals surface area (Å²) in [6, 6.07) is 12.6. The third kappa shape index (κ3) is 6.08. The quantitative estimate of drug-likeness (QED) is 0.355. The second-order valence-electron chi connectivity index (χ2n) is 7.68. The molecular weight excluding hydrogens is 543 g/mol. The van der Waals surface area contributed by atoms with Gasteiger partial charge >= 0.3 is 0 Å². The number of rotatable bonds is 9. The number of amides is 2. The van der Waals surface area contributed by atoms with Crippen LogP contribution in [0.5, 0.6) is 5.75 Å². The molecule has 3 rings (SSSR count). The molecule has 32 heavy (non-hydrogen) atoms. The van der Waals surface area contributed by atoms with Crippen molar-refractivity contribution in [2.24, 2.45) is 5.73 Å².